The standard InChI is InChI=1S/C23H14N2/c1-3-8-18-15(6-1)16-7-2-4-9-19(16)23(18)20-11-13-24-14-17(20)22-21(23)10-5-12-25-22/h1-14H. The maximum atomic E-state index is 4.73. The molecule has 0 N–H and O–H groups in total. The average molecular weight is 318 g/mol. The summed E-state index contributed by atoms with van der Waals surface area (Å²) in [6, 6.07) is 24.0. The smallest absolute Gasteiger partial charge is 0.0768 e. The Balaban J connectivity index is 1.89. The molecule has 0 saturated carbocycles. The normalized spacial score (nSPS) is 14.7. The van der Waals surface area contributed by atoms with Gasteiger partial charge in [-0.3, -0.25) is 9.97 Å². The number of hydrogen-bond donors (Lipinski definition) is 0. The quantitative estimate of drug-likeness (QED) is 0.401. The van der Waals surface area contributed by atoms with Crippen LogP contribution in [-0.4, -0.2) is 9.97 Å². The van der Waals surface area contributed by atoms with Gasteiger partial charge in [0.2, 0.25) is 0 Å². The Kier molecular flexibility index (Phi) is 2.31. The minimum Gasteiger partial charge on any atom is -0.264 e. The van der Waals surface area contributed by atoms with Gasteiger partial charge in [0.05, 0.1) is 11.1 Å². The van der Waals surface area contributed by atoms with E-state index in [9.17, 15) is 0 Å². The van der Waals surface area contributed by atoms with Gasteiger partial charge in [-0.05, 0) is 45.5 Å². The highest BCUT2D eigenvalue weighted by Gasteiger charge is 2.51. The first-order chi connectivity index (χ1) is 12.4. The van der Waals surface area contributed by atoms with E-state index in [-0.39, 0.29) is 5.41 Å². The fourth-order valence-corrected chi connectivity index (χ4v) is 4.79. The van der Waals surface area contributed by atoms with E-state index in [0.29, 0.717) is 0 Å². The molecular formula is C23H14N2. The van der Waals surface area contributed by atoms with Crippen LogP contribution < -0.4 is 0 Å². The molecular weight excluding hydrogens is 304 g/mol. The molecule has 0 atom stereocenters. The Labute approximate surface area is 145 Å². The topological polar surface area (TPSA) is 25.8 Å². The largest absolute Gasteiger partial charge is 0.264 e. The van der Waals surface area contributed by atoms with Gasteiger partial charge in [-0.1, -0.05) is 54.6 Å². The minimum absolute atomic E-state index is 0.283. The summed E-state index contributed by atoms with van der Waals surface area (Å²) in [5.41, 5.74) is 9.78. The maximum absolute atomic E-state index is 4.73. The van der Waals surface area contributed by atoms with Crippen LogP contribution in [0.3, 0.4) is 0 Å². The summed E-state index contributed by atoms with van der Waals surface area (Å²) in [5, 5.41) is 0. The lowest BCUT2D eigenvalue weighted by Gasteiger charge is -2.29. The van der Waals surface area contributed by atoms with Crippen molar-refractivity contribution >= 4 is 0 Å². The molecule has 0 saturated heterocycles. The lowest BCUT2D eigenvalue weighted by Crippen LogP contribution is -2.25. The summed E-state index contributed by atoms with van der Waals surface area (Å²) < 4.78 is 0. The van der Waals surface area contributed by atoms with E-state index >= 15 is 0 Å². The summed E-state index contributed by atoms with van der Waals surface area (Å²) in [6.45, 7) is 0. The highest BCUT2D eigenvalue weighted by molar-refractivity contribution is 5.93. The van der Waals surface area contributed by atoms with Crippen molar-refractivity contribution in [3.8, 4) is 22.4 Å². The highest BCUT2D eigenvalue weighted by atomic mass is 14.7. The molecule has 0 bridgehead atoms. The molecule has 0 fully saturated rings. The van der Waals surface area contributed by atoms with Gasteiger partial charge < -0.3 is 0 Å². The van der Waals surface area contributed by atoms with E-state index in [1.165, 1.54) is 33.4 Å². The number of nitrogens with zero attached hydrogens (tertiary/aromatic N) is 2. The van der Waals surface area contributed by atoms with Crippen molar-refractivity contribution in [2.75, 3.05) is 0 Å². The molecule has 25 heavy (non-hydrogen) atoms. The molecule has 1 spiro atoms. The molecule has 0 aliphatic heterocycles. The number of rotatable bonds is 0. The molecule has 0 radical (unpaired) electrons. The fourth-order valence-electron chi connectivity index (χ4n) is 4.79. The Bertz CT molecular complexity index is 972. The summed E-state index contributed by atoms with van der Waals surface area (Å²) in [6.07, 6.45) is 5.73. The van der Waals surface area contributed by atoms with Gasteiger partial charge in [0.15, 0.2) is 0 Å². The third-order valence-electron chi connectivity index (χ3n) is 5.64. The van der Waals surface area contributed by atoms with E-state index in [2.05, 4.69) is 65.6 Å². The molecule has 2 aliphatic carbocycles. The van der Waals surface area contributed by atoms with Crippen LogP contribution in [0.1, 0.15) is 22.3 Å². The van der Waals surface area contributed by atoms with Crippen molar-refractivity contribution in [3.63, 3.8) is 0 Å². The predicted molar refractivity (Wildman–Crippen MR) is 98.3 cm³/mol. The van der Waals surface area contributed by atoms with Crippen molar-refractivity contribution in [1.82, 2.24) is 9.97 Å². The van der Waals surface area contributed by atoms with Gasteiger partial charge in [-0.2, -0.15) is 0 Å². The van der Waals surface area contributed by atoms with Crippen LogP contribution in [0.5, 0.6) is 0 Å². The van der Waals surface area contributed by atoms with E-state index in [1.807, 2.05) is 24.7 Å². The molecule has 6 rings (SSSR count). The molecule has 116 valence electrons. The van der Waals surface area contributed by atoms with Crippen LogP contribution in [0, 0.1) is 0 Å². The Morgan fingerprint density at radius 1 is 0.560 bits per heavy atom. The number of benzene rings is 2. The second kappa shape index (κ2) is 4.42. The SMILES string of the molecule is c1ccc2c(c1)-c1ccccc1C21c2ccncc2-c2ncccc21. The molecule has 0 unspecified atom stereocenters. The first kappa shape index (κ1) is 13.1. The van der Waals surface area contributed by atoms with Crippen molar-refractivity contribution in [3.05, 3.63) is 108 Å². The van der Waals surface area contributed by atoms with E-state index < -0.39 is 0 Å². The van der Waals surface area contributed by atoms with Gasteiger partial charge >= 0.3 is 0 Å². The van der Waals surface area contributed by atoms with Crippen LogP contribution in [0.15, 0.2) is 85.3 Å². The first-order valence-electron chi connectivity index (χ1n) is 8.52. The van der Waals surface area contributed by atoms with Gasteiger partial charge in [0.25, 0.3) is 0 Å². The van der Waals surface area contributed by atoms with Crippen molar-refractivity contribution in [1.29, 1.82) is 0 Å². The summed E-state index contributed by atoms with van der Waals surface area (Å²) in [7, 11) is 0. The Hall–Kier alpha value is -3.26. The number of fused-ring (bicyclic) bond motifs is 10. The zero-order chi connectivity index (χ0) is 16.4. The van der Waals surface area contributed by atoms with Crippen LogP contribution in [0.4, 0.5) is 0 Å². The minimum atomic E-state index is -0.283. The van der Waals surface area contributed by atoms with Crippen LogP contribution in [0.2, 0.25) is 0 Å². The fraction of sp³-hybridized carbons (Fsp3) is 0.0435. The van der Waals surface area contributed by atoms with Gasteiger partial charge in [-0.25, -0.2) is 0 Å². The summed E-state index contributed by atoms with van der Waals surface area (Å²) >= 11 is 0. The van der Waals surface area contributed by atoms with Crippen molar-refractivity contribution in [2.24, 2.45) is 0 Å². The van der Waals surface area contributed by atoms with Gasteiger partial charge in [-0.15, -0.1) is 0 Å². The molecule has 0 amide bonds. The van der Waals surface area contributed by atoms with Crippen molar-refractivity contribution in [2.45, 2.75) is 5.41 Å². The molecule has 2 aromatic carbocycles. The molecule has 2 aromatic heterocycles. The second-order valence-electron chi connectivity index (χ2n) is 6.66. The second-order valence-corrected chi connectivity index (χ2v) is 6.66. The van der Waals surface area contributed by atoms with Gasteiger partial charge in [0.1, 0.15) is 0 Å². The summed E-state index contributed by atoms with van der Waals surface area (Å²) in [5.74, 6) is 0. The van der Waals surface area contributed by atoms with Crippen molar-refractivity contribution < 1.29 is 0 Å². The molecule has 2 heterocycles. The Morgan fingerprint density at radius 3 is 1.96 bits per heavy atom. The number of pyridine rings is 2. The van der Waals surface area contributed by atoms with E-state index in [0.717, 1.165) is 11.3 Å². The zero-order valence-corrected chi connectivity index (χ0v) is 13.5. The van der Waals surface area contributed by atoms with E-state index in [1.54, 1.807) is 0 Å². The monoisotopic (exact) mass is 318 g/mol. The third-order valence-corrected chi connectivity index (χ3v) is 5.64. The number of aromatic nitrogens is 2. The summed E-state index contributed by atoms with van der Waals surface area (Å²) in [4.78, 5) is 9.11. The lowest BCUT2D eigenvalue weighted by atomic mass is 9.71. The molecule has 2 aliphatic rings. The van der Waals surface area contributed by atoms with E-state index in [4.69, 9.17) is 4.98 Å². The molecule has 2 nitrogen and oxygen atoms in total. The Morgan fingerprint density at radius 2 is 1.20 bits per heavy atom. The highest BCUT2D eigenvalue weighted by Crippen LogP contribution is 2.61. The maximum Gasteiger partial charge on any atom is 0.0768 e. The van der Waals surface area contributed by atoms with Gasteiger partial charge in [0, 0.05) is 24.2 Å². The van der Waals surface area contributed by atoms with Crippen LogP contribution in [0.25, 0.3) is 22.4 Å². The molecule has 4 aromatic rings. The molecule has 2 heteroatoms. The lowest BCUT2D eigenvalue weighted by molar-refractivity contribution is 0.790. The number of hydrogen-bond acceptors (Lipinski definition) is 2. The first-order valence-corrected chi connectivity index (χ1v) is 8.52. The average Bonchev–Trinajstić information content (AvgIpc) is 3.16. The van der Waals surface area contributed by atoms with Crippen LogP contribution in [-0.2, 0) is 5.41 Å². The third kappa shape index (κ3) is 1.38. The van der Waals surface area contributed by atoms with Crippen LogP contribution >= 0.6 is 0 Å². The zero-order valence-electron chi connectivity index (χ0n) is 13.5. The predicted octanol–water partition coefficient (Wildman–Crippen LogP) is 4.82.